The Bertz CT molecular complexity index is 1950. The fourth-order valence-corrected chi connectivity index (χ4v) is 8.57. The predicted octanol–water partition coefficient (Wildman–Crippen LogP) is 4.18. The SMILES string of the molecule is COC(=O)C1=C[C@@H](C(=O)OC)C2C3=C(C(=O)[C@@]2(C)NC(=O)c2ccccc2)[C@H](c2ccccc2)[C@@H]2C(=O)N(c4ccccc4)C(=O)[C@@H]2[C@@H]3C1. The number of imide groups is 1. The van der Waals surface area contributed by atoms with Crippen molar-refractivity contribution in [3.8, 4) is 0 Å². The number of methoxy groups -OCH3 is 2. The van der Waals surface area contributed by atoms with Crippen molar-refractivity contribution in [2.24, 2.45) is 29.6 Å². The highest BCUT2D eigenvalue weighted by molar-refractivity contribution is 6.24. The molecule has 1 aliphatic heterocycles. The maximum Gasteiger partial charge on any atom is 0.333 e. The second-order valence-corrected chi connectivity index (χ2v) is 13.0. The minimum Gasteiger partial charge on any atom is -0.469 e. The zero-order valence-corrected chi connectivity index (χ0v) is 27.1. The lowest BCUT2D eigenvalue weighted by atomic mass is 9.61. The second kappa shape index (κ2) is 12.1. The van der Waals surface area contributed by atoms with Gasteiger partial charge in [0.1, 0.15) is 5.54 Å². The molecule has 1 unspecified atom stereocenters. The van der Waals surface area contributed by atoms with E-state index in [4.69, 9.17) is 9.47 Å². The lowest BCUT2D eigenvalue weighted by Gasteiger charge is -2.40. The molecule has 1 fully saturated rings. The van der Waals surface area contributed by atoms with Crippen molar-refractivity contribution in [2.45, 2.75) is 24.8 Å². The third-order valence-electron chi connectivity index (χ3n) is 10.6. The molecule has 1 heterocycles. The Labute approximate surface area is 282 Å². The summed E-state index contributed by atoms with van der Waals surface area (Å²) in [6, 6.07) is 26.0. The summed E-state index contributed by atoms with van der Waals surface area (Å²) in [5.74, 6) is -9.39. The summed E-state index contributed by atoms with van der Waals surface area (Å²) in [5.41, 5.74) is 0.455. The van der Waals surface area contributed by atoms with Crippen molar-refractivity contribution in [1.29, 1.82) is 0 Å². The van der Waals surface area contributed by atoms with E-state index in [1.54, 1.807) is 79.7 Å². The number of amides is 3. The zero-order valence-electron chi connectivity index (χ0n) is 27.1. The number of carbonyl (C=O) groups excluding carboxylic acids is 6. The van der Waals surface area contributed by atoms with Gasteiger partial charge >= 0.3 is 11.9 Å². The first-order valence-electron chi connectivity index (χ1n) is 16.1. The molecule has 0 radical (unpaired) electrons. The molecule has 0 aromatic heterocycles. The molecular weight excluding hydrogens is 624 g/mol. The van der Waals surface area contributed by atoms with Gasteiger partial charge in [0.25, 0.3) is 5.91 Å². The number of esters is 2. The largest absolute Gasteiger partial charge is 0.469 e. The second-order valence-electron chi connectivity index (χ2n) is 13.0. The molecule has 4 aliphatic rings. The Morgan fingerprint density at radius 1 is 0.796 bits per heavy atom. The molecule has 0 saturated carbocycles. The average Bonchev–Trinajstić information content (AvgIpc) is 3.41. The number of fused-ring (bicyclic) bond motifs is 2. The molecule has 49 heavy (non-hydrogen) atoms. The number of ether oxygens (including phenoxy) is 2. The number of rotatable bonds is 6. The van der Waals surface area contributed by atoms with Crippen molar-refractivity contribution in [3.63, 3.8) is 0 Å². The monoisotopic (exact) mass is 658 g/mol. The van der Waals surface area contributed by atoms with Gasteiger partial charge < -0.3 is 14.8 Å². The normalized spacial score (nSPS) is 28.7. The smallest absolute Gasteiger partial charge is 0.333 e. The molecule has 3 aromatic rings. The van der Waals surface area contributed by atoms with Gasteiger partial charge in [0, 0.05) is 28.5 Å². The number of Topliss-reactive ketones (excluding diaryl/α,β-unsaturated/α-hetero) is 1. The fourth-order valence-electron chi connectivity index (χ4n) is 8.57. The first-order chi connectivity index (χ1) is 23.6. The molecule has 0 bridgehead atoms. The fraction of sp³-hybridized carbons (Fsp3) is 0.282. The number of para-hydroxylation sites is 1. The van der Waals surface area contributed by atoms with Crippen LogP contribution in [0.1, 0.15) is 35.2 Å². The molecule has 0 spiro atoms. The van der Waals surface area contributed by atoms with Crippen LogP contribution in [0.15, 0.2) is 114 Å². The van der Waals surface area contributed by atoms with E-state index in [0.29, 0.717) is 22.4 Å². The summed E-state index contributed by atoms with van der Waals surface area (Å²) in [4.78, 5) is 86.5. The van der Waals surface area contributed by atoms with Crippen LogP contribution in [0.2, 0.25) is 0 Å². The standard InChI is InChI=1S/C39H34N2O8/c1-39(40-34(43)22-15-9-5-10-16-22)32-26(38(47)49-3)20-23(37(46)48-2)19-25-28(32)30(33(39)42)27(21-13-7-4-8-14-21)31-29(25)35(44)41(36(31)45)24-17-11-6-12-18-24/h4-18,20,25-27,29,31-32H,19H2,1-3H3,(H,40,43)/t25-,26-,27+,29-,31+,32?,39+/m1/s1. The van der Waals surface area contributed by atoms with Crippen LogP contribution < -0.4 is 10.2 Å². The number of hydrogen-bond donors (Lipinski definition) is 1. The van der Waals surface area contributed by atoms with Gasteiger partial charge in [0.2, 0.25) is 11.8 Å². The Balaban J connectivity index is 1.50. The van der Waals surface area contributed by atoms with Crippen LogP contribution in [0.5, 0.6) is 0 Å². The predicted molar refractivity (Wildman–Crippen MR) is 177 cm³/mol. The number of hydrogen-bond acceptors (Lipinski definition) is 8. The summed E-state index contributed by atoms with van der Waals surface area (Å²) in [5, 5.41) is 2.96. The van der Waals surface area contributed by atoms with Crippen LogP contribution in [-0.4, -0.2) is 55.2 Å². The molecule has 10 heteroatoms. The number of nitrogens with zero attached hydrogens (tertiary/aromatic N) is 1. The molecule has 7 rings (SSSR count). The summed E-state index contributed by atoms with van der Waals surface area (Å²) < 4.78 is 10.4. The van der Waals surface area contributed by atoms with E-state index in [2.05, 4.69) is 5.32 Å². The molecule has 1 N–H and O–H groups in total. The third-order valence-corrected chi connectivity index (χ3v) is 10.6. The van der Waals surface area contributed by atoms with Crippen LogP contribution in [0.25, 0.3) is 0 Å². The number of carbonyl (C=O) groups is 6. The van der Waals surface area contributed by atoms with Crippen LogP contribution in [0, 0.1) is 29.6 Å². The number of anilines is 1. The summed E-state index contributed by atoms with van der Waals surface area (Å²) in [6.45, 7) is 1.57. The van der Waals surface area contributed by atoms with Gasteiger partial charge in [-0.2, -0.15) is 0 Å². The lowest BCUT2D eigenvalue weighted by molar-refractivity contribution is -0.146. The van der Waals surface area contributed by atoms with Crippen molar-refractivity contribution in [3.05, 3.63) is 125 Å². The Kier molecular flexibility index (Phi) is 7.89. The van der Waals surface area contributed by atoms with Gasteiger partial charge in [0.05, 0.1) is 37.7 Å². The summed E-state index contributed by atoms with van der Waals surface area (Å²) in [7, 11) is 2.43. The topological polar surface area (TPSA) is 136 Å². The molecule has 7 atom stereocenters. The van der Waals surface area contributed by atoms with Crippen molar-refractivity contribution < 1.29 is 38.2 Å². The van der Waals surface area contributed by atoms with Crippen LogP contribution in [0.3, 0.4) is 0 Å². The van der Waals surface area contributed by atoms with Gasteiger partial charge in [0.15, 0.2) is 5.78 Å². The van der Waals surface area contributed by atoms with Crippen LogP contribution in [0.4, 0.5) is 5.69 Å². The van der Waals surface area contributed by atoms with E-state index in [9.17, 15) is 24.0 Å². The van der Waals surface area contributed by atoms with E-state index < -0.39 is 76.5 Å². The summed E-state index contributed by atoms with van der Waals surface area (Å²) >= 11 is 0. The zero-order chi connectivity index (χ0) is 34.6. The first-order valence-corrected chi connectivity index (χ1v) is 16.1. The summed E-state index contributed by atoms with van der Waals surface area (Å²) in [6.07, 6.45) is 1.37. The molecular formula is C39H34N2O8. The van der Waals surface area contributed by atoms with E-state index in [0.717, 1.165) is 0 Å². The Hall–Kier alpha value is -5.64. The van der Waals surface area contributed by atoms with Gasteiger partial charge in [-0.25, -0.2) is 4.79 Å². The third kappa shape index (κ3) is 4.84. The maximum atomic E-state index is 15.2. The van der Waals surface area contributed by atoms with Crippen molar-refractivity contribution in [1.82, 2.24) is 5.32 Å². The van der Waals surface area contributed by atoms with Crippen molar-refractivity contribution in [2.75, 3.05) is 19.1 Å². The van der Waals surface area contributed by atoms with E-state index in [-0.39, 0.29) is 17.6 Å². The van der Waals surface area contributed by atoms with Gasteiger partial charge in [-0.05, 0) is 49.1 Å². The van der Waals surface area contributed by atoms with Gasteiger partial charge in [-0.15, -0.1) is 0 Å². The Morgan fingerprint density at radius 2 is 1.39 bits per heavy atom. The highest BCUT2D eigenvalue weighted by Gasteiger charge is 2.68. The van der Waals surface area contributed by atoms with Gasteiger partial charge in [-0.1, -0.05) is 78.4 Å². The minimum absolute atomic E-state index is 0.0736. The number of benzene rings is 3. The lowest BCUT2D eigenvalue weighted by Crippen LogP contribution is -2.57. The highest BCUT2D eigenvalue weighted by Crippen LogP contribution is 2.62. The molecule has 10 nitrogen and oxygen atoms in total. The molecule has 3 amide bonds. The number of ketones is 1. The molecule has 1 saturated heterocycles. The van der Waals surface area contributed by atoms with E-state index in [1.165, 1.54) is 25.2 Å². The molecule has 3 aliphatic carbocycles. The highest BCUT2D eigenvalue weighted by atomic mass is 16.5. The maximum absolute atomic E-state index is 15.2. The molecule has 248 valence electrons. The van der Waals surface area contributed by atoms with Crippen LogP contribution in [-0.2, 0) is 33.4 Å². The first kappa shape index (κ1) is 31.9. The minimum atomic E-state index is -1.73. The van der Waals surface area contributed by atoms with Crippen molar-refractivity contribution >= 4 is 41.1 Å². The average molecular weight is 659 g/mol. The van der Waals surface area contributed by atoms with E-state index in [1.807, 2.05) is 18.2 Å². The Morgan fingerprint density at radius 3 is 2.00 bits per heavy atom. The number of nitrogens with one attached hydrogen (secondary N) is 1. The van der Waals surface area contributed by atoms with Gasteiger partial charge in [-0.3, -0.25) is 28.9 Å². The quantitative estimate of drug-likeness (QED) is 0.308. The van der Waals surface area contributed by atoms with E-state index >= 15 is 4.79 Å². The molecule has 3 aromatic carbocycles. The van der Waals surface area contributed by atoms with Crippen LogP contribution >= 0.6 is 0 Å².